The van der Waals surface area contributed by atoms with E-state index in [1.807, 2.05) is 0 Å². The van der Waals surface area contributed by atoms with Crippen LogP contribution in [-0.4, -0.2) is 56.6 Å². The Hall–Kier alpha value is -0.100. The number of hydrogen-bond donors (Lipinski definition) is 3. The molecule has 0 saturated carbocycles. The molecule has 0 fully saturated rings. The number of carboxylic acids is 2. The molecule has 6 heteroatoms. The first kappa shape index (κ1) is 12.9. The molecule has 0 rings (SSSR count). The topological polar surface area (TPSA) is 101 Å². The minimum atomic E-state index is -1.08. The summed E-state index contributed by atoms with van der Waals surface area (Å²) in [5.41, 5.74) is 5.36. The summed E-state index contributed by atoms with van der Waals surface area (Å²) in [5.74, 6) is -3.17. The van der Waals surface area contributed by atoms with Crippen LogP contribution in [0.2, 0.25) is 3.67 Å². The third-order valence-corrected chi connectivity index (χ3v) is 3.16. The van der Waals surface area contributed by atoms with Crippen LogP contribution in [-0.2, 0) is 9.59 Å². The molecule has 2 atom stereocenters. The SMILES string of the molecule is NCC([CH2][Na])C(CC(=O)O)C(=O)O. The van der Waals surface area contributed by atoms with Crippen molar-refractivity contribution in [1.29, 1.82) is 0 Å². The molecule has 0 aromatic carbocycles. The predicted molar refractivity (Wildman–Crippen MR) is 46.5 cm³/mol. The van der Waals surface area contributed by atoms with Crippen LogP contribution in [0, 0.1) is 11.8 Å². The normalized spacial score (nSPS) is 15.0. The van der Waals surface area contributed by atoms with Gasteiger partial charge >= 0.3 is 93.9 Å². The summed E-state index contributed by atoms with van der Waals surface area (Å²) in [6.07, 6.45) is -0.334. The fourth-order valence-corrected chi connectivity index (χ4v) is 2.16. The van der Waals surface area contributed by atoms with Crippen LogP contribution in [0.15, 0.2) is 0 Å². The Morgan fingerprint density at radius 3 is 2.15 bits per heavy atom. The first-order valence-corrected chi connectivity index (χ1v) is 5.59. The van der Waals surface area contributed by atoms with Gasteiger partial charge in [0.2, 0.25) is 0 Å². The van der Waals surface area contributed by atoms with Crippen LogP contribution in [0.3, 0.4) is 0 Å². The van der Waals surface area contributed by atoms with E-state index in [1.165, 1.54) is 0 Å². The first-order valence-electron chi connectivity index (χ1n) is 4.17. The average molecular weight is 197 g/mol. The zero-order chi connectivity index (χ0) is 10.4. The molecule has 5 nitrogen and oxygen atoms in total. The average Bonchev–Trinajstić information content (AvgIpc) is 2.04. The van der Waals surface area contributed by atoms with Gasteiger partial charge in [-0.15, -0.1) is 0 Å². The second-order valence-corrected chi connectivity index (χ2v) is 3.76. The molecule has 0 saturated heterocycles. The van der Waals surface area contributed by atoms with Crippen LogP contribution in [0.25, 0.3) is 0 Å². The maximum atomic E-state index is 10.7. The fourth-order valence-electron chi connectivity index (χ4n) is 1.26. The van der Waals surface area contributed by atoms with Crippen LogP contribution in [0.1, 0.15) is 6.42 Å². The van der Waals surface area contributed by atoms with Gasteiger partial charge in [-0.1, -0.05) is 0 Å². The van der Waals surface area contributed by atoms with Gasteiger partial charge in [-0.05, 0) is 0 Å². The predicted octanol–water partition coefficient (Wildman–Crippen LogP) is -0.676. The third-order valence-electron chi connectivity index (χ3n) is 2.11. The third kappa shape index (κ3) is 4.61. The second-order valence-electron chi connectivity index (χ2n) is 2.95. The molecular weight excluding hydrogens is 185 g/mol. The van der Waals surface area contributed by atoms with E-state index in [0.29, 0.717) is 0 Å². The minimum absolute atomic E-state index is 0.194. The number of hydrogen-bond acceptors (Lipinski definition) is 3. The molecule has 0 heterocycles. The Balaban J connectivity index is 4.38. The van der Waals surface area contributed by atoms with Crippen LogP contribution >= 0.6 is 0 Å². The van der Waals surface area contributed by atoms with Gasteiger partial charge in [0.15, 0.2) is 0 Å². The zero-order valence-electron chi connectivity index (χ0n) is 7.56. The number of rotatable bonds is 6. The van der Waals surface area contributed by atoms with Crippen molar-refractivity contribution in [1.82, 2.24) is 0 Å². The van der Waals surface area contributed by atoms with Crippen molar-refractivity contribution in [3.63, 3.8) is 0 Å². The standard InChI is InChI=1S/C7H12NO4.Na/c1-4(3-8)5(7(11)12)2-6(9)10;/h4-5H,1-3,8H2,(H,9,10)(H,11,12);. The second kappa shape index (κ2) is 6.37. The van der Waals surface area contributed by atoms with Crippen molar-refractivity contribution in [3.05, 3.63) is 0 Å². The van der Waals surface area contributed by atoms with E-state index in [1.54, 1.807) is 0 Å². The monoisotopic (exact) mass is 197 g/mol. The van der Waals surface area contributed by atoms with E-state index in [2.05, 4.69) is 0 Å². The van der Waals surface area contributed by atoms with Crippen molar-refractivity contribution in [3.8, 4) is 0 Å². The van der Waals surface area contributed by atoms with Crippen molar-refractivity contribution >= 4 is 39.9 Å². The Morgan fingerprint density at radius 1 is 1.38 bits per heavy atom. The van der Waals surface area contributed by atoms with E-state index in [-0.39, 0.29) is 18.9 Å². The van der Waals surface area contributed by atoms with E-state index >= 15 is 0 Å². The Kier molecular flexibility index (Phi) is 6.32. The van der Waals surface area contributed by atoms with Gasteiger partial charge in [0, 0.05) is 0 Å². The van der Waals surface area contributed by atoms with E-state index in [4.69, 9.17) is 15.9 Å². The number of nitrogens with two attached hydrogens (primary N) is 1. The summed E-state index contributed by atoms with van der Waals surface area (Å²) in [5, 5.41) is 17.2. The summed E-state index contributed by atoms with van der Waals surface area (Å²) < 4.78 is 0.723. The van der Waals surface area contributed by atoms with Gasteiger partial charge in [0.05, 0.1) is 0 Å². The molecule has 70 valence electrons. The Morgan fingerprint density at radius 2 is 1.92 bits per heavy atom. The molecule has 4 N–H and O–H groups in total. The van der Waals surface area contributed by atoms with Crippen molar-refractivity contribution < 1.29 is 19.8 Å². The fraction of sp³-hybridized carbons (Fsp3) is 0.714. The van der Waals surface area contributed by atoms with Gasteiger partial charge in [0.1, 0.15) is 0 Å². The van der Waals surface area contributed by atoms with Gasteiger partial charge in [0.25, 0.3) is 0 Å². The molecular formula is C7H12NNaO4. The summed E-state index contributed by atoms with van der Waals surface area (Å²) in [6, 6.07) is 0. The summed E-state index contributed by atoms with van der Waals surface area (Å²) in [6.45, 7) is 0.244. The molecule has 2 unspecified atom stereocenters. The van der Waals surface area contributed by atoms with Gasteiger partial charge < -0.3 is 0 Å². The number of aliphatic carboxylic acids is 2. The molecule has 0 aliphatic heterocycles. The van der Waals surface area contributed by atoms with Crippen molar-refractivity contribution in [2.45, 2.75) is 10.1 Å². The molecule has 0 amide bonds. The molecule has 0 aliphatic carbocycles. The Labute approximate surface area is 93.7 Å². The van der Waals surface area contributed by atoms with Crippen molar-refractivity contribution in [2.75, 3.05) is 6.54 Å². The Bertz CT molecular complexity index is 193. The van der Waals surface area contributed by atoms with Gasteiger partial charge in [-0.2, -0.15) is 0 Å². The zero-order valence-corrected chi connectivity index (χ0v) is 9.56. The summed E-state index contributed by atoms with van der Waals surface area (Å²) >= 11 is 0.840. The van der Waals surface area contributed by atoms with Gasteiger partial charge in [-0.25, -0.2) is 0 Å². The molecule has 0 aromatic heterocycles. The number of carbonyl (C=O) groups is 2. The maximum absolute atomic E-state index is 10.7. The van der Waals surface area contributed by atoms with Crippen LogP contribution in [0.5, 0.6) is 0 Å². The number of carboxylic acid groups (broad SMARTS) is 2. The van der Waals surface area contributed by atoms with Crippen LogP contribution < -0.4 is 5.73 Å². The van der Waals surface area contributed by atoms with E-state index in [9.17, 15) is 9.59 Å². The molecule has 13 heavy (non-hydrogen) atoms. The van der Waals surface area contributed by atoms with Crippen LogP contribution in [0.4, 0.5) is 0 Å². The summed E-state index contributed by atoms with van der Waals surface area (Å²) in [7, 11) is 0. The van der Waals surface area contributed by atoms with E-state index < -0.39 is 17.9 Å². The van der Waals surface area contributed by atoms with Crippen molar-refractivity contribution in [2.24, 2.45) is 17.6 Å². The van der Waals surface area contributed by atoms with E-state index in [0.717, 1.165) is 31.6 Å². The molecule has 0 bridgehead atoms. The molecule has 0 aliphatic rings. The molecule has 0 spiro atoms. The van der Waals surface area contributed by atoms with Gasteiger partial charge in [-0.3, -0.25) is 0 Å². The quantitative estimate of drug-likeness (QED) is 0.490. The first-order chi connectivity index (χ1) is 6.02. The summed E-state index contributed by atoms with van der Waals surface area (Å²) in [4.78, 5) is 21.0. The molecule has 0 radical (unpaired) electrons. The molecule has 0 aromatic rings.